The number of hydrogen-bond donors (Lipinski definition) is 3. The number of carbonyl (C=O) groups is 4. The second-order valence-electron chi connectivity index (χ2n) is 25.1. The third-order valence-electron chi connectivity index (χ3n) is 15.5. The molecule has 17 nitrogen and oxygen atoms in total. The van der Waals surface area contributed by atoms with Crippen molar-refractivity contribution >= 4 is 39.5 Å². The molecule has 0 heterocycles. The van der Waals surface area contributed by atoms with E-state index in [0.29, 0.717) is 31.6 Å². The van der Waals surface area contributed by atoms with Crippen LogP contribution in [0.4, 0.5) is 0 Å². The lowest BCUT2D eigenvalue weighted by atomic mass is 10.00. The normalized spacial score (nSPS) is 14.6. The van der Waals surface area contributed by atoms with Crippen LogP contribution in [0, 0.1) is 17.8 Å². The molecule has 6 atom stereocenters. The molecule has 19 heteroatoms. The molecule has 0 aromatic carbocycles. The second-order valence-corrected chi connectivity index (χ2v) is 28.0. The number of rotatable bonds is 64. The predicted molar refractivity (Wildman–Crippen MR) is 340 cm³/mol. The number of aliphatic hydroxyl groups excluding tert-OH is 1. The standard InChI is InChI=1S/C66H128O17P2/c1-8-10-11-12-13-14-15-16-17-20-26-35-42-49-65(70)82-61(53-76-63(68)47-40-33-25-21-18-19-23-30-37-44-57(3)4)55-80-84(72,73)78-51-60(67)52-79-85(74,75)81-56-62(83-66(71)50-43-36-27-22-24-31-38-45-58(5)6)54-77-64(69)48-41-34-29-28-32-39-46-59(7)9-2/h57-62,67H,8-56H2,1-7H3,(H,72,73)(H,74,75)/t59?,60-,61-,62-/m1/s1. The fourth-order valence-electron chi connectivity index (χ4n) is 9.80. The fraction of sp³-hybridized carbons (Fsp3) is 0.939. The minimum Gasteiger partial charge on any atom is -0.462 e. The van der Waals surface area contributed by atoms with Crippen LogP contribution in [0.2, 0.25) is 0 Å². The predicted octanol–water partition coefficient (Wildman–Crippen LogP) is 18.3. The SMILES string of the molecule is CCCCCCCCCCCCCCCC(=O)O[C@H](COC(=O)CCCCCCCCCCCC(C)C)COP(=O)(O)OC[C@@H](O)COP(=O)(O)OC[C@@H](COC(=O)CCCCCCCCC(C)CC)OC(=O)CCCCCCCCCC(C)C. The van der Waals surface area contributed by atoms with E-state index in [2.05, 4.69) is 48.5 Å². The smallest absolute Gasteiger partial charge is 0.462 e. The number of unbranched alkanes of at least 4 members (excludes halogenated alkanes) is 31. The number of carbonyl (C=O) groups excluding carboxylic acids is 4. The van der Waals surface area contributed by atoms with Gasteiger partial charge in [0, 0.05) is 25.7 Å². The van der Waals surface area contributed by atoms with E-state index in [4.69, 9.17) is 37.0 Å². The van der Waals surface area contributed by atoms with Gasteiger partial charge in [-0.2, -0.15) is 0 Å². The van der Waals surface area contributed by atoms with E-state index in [1.807, 2.05) is 0 Å². The van der Waals surface area contributed by atoms with Gasteiger partial charge >= 0.3 is 39.5 Å². The van der Waals surface area contributed by atoms with Gasteiger partial charge in [-0.25, -0.2) is 9.13 Å². The number of ether oxygens (including phenoxy) is 4. The maximum atomic E-state index is 13.0. The Bertz CT molecular complexity index is 1680. The van der Waals surface area contributed by atoms with Crippen LogP contribution in [0.25, 0.3) is 0 Å². The van der Waals surface area contributed by atoms with Crippen LogP contribution in [-0.4, -0.2) is 96.7 Å². The van der Waals surface area contributed by atoms with E-state index >= 15 is 0 Å². The Morgan fingerprint density at radius 2 is 0.600 bits per heavy atom. The molecule has 0 bridgehead atoms. The van der Waals surface area contributed by atoms with Crippen LogP contribution >= 0.6 is 15.6 Å². The quantitative estimate of drug-likeness (QED) is 0.0222. The molecule has 0 radical (unpaired) electrons. The van der Waals surface area contributed by atoms with Gasteiger partial charge in [-0.15, -0.1) is 0 Å². The molecule has 0 aromatic rings. The van der Waals surface area contributed by atoms with Gasteiger partial charge in [0.2, 0.25) is 0 Å². The van der Waals surface area contributed by atoms with Gasteiger partial charge < -0.3 is 33.8 Å². The highest BCUT2D eigenvalue weighted by atomic mass is 31.2. The minimum atomic E-state index is -4.95. The first-order chi connectivity index (χ1) is 40.8. The Morgan fingerprint density at radius 3 is 0.894 bits per heavy atom. The molecule has 3 unspecified atom stereocenters. The van der Waals surface area contributed by atoms with E-state index in [9.17, 15) is 43.2 Å². The largest absolute Gasteiger partial charge is 0.472 e. The van der Waals surface area contributed by atoms with Gasteiger partial charge in [0.15, 0.2) is 12.2 Å². The summed E-state index contributed by atoms with van der Waals surface area (Å²) in [6.07, 6.45) is 39.0. The molecule has 0 saturated heterocycles. The first-order valence-corrected chi connectivity index (χ1v) is 37.4. The maximum Gasteiger partial charge on any atom is 0.472 e. The van der Waals surface area contributed by atoms with Gasteiger partial charge in [-0.3, -0.25) is 37.3 Å². The lowest BCUT2D eigenvalue weighted by Crippen LogP contribution is -2.30. The van der Waals surface area contributed by atoms with Gasteiger partial charge in [-0.05, 0) is 43.4 Å². The van der Waals surface area contributed by atoms with Crippen molar-refractivity contribution in [1.29, 1.82) is 0 Å². The van der Waals surface area contributed by atoms with E-state index in [0.717, 1.165) is 108 Å². The summed E-state index contributed by atoms with van der Waals surface area (Å²) in [5, 5.41) is 10.5. The molecule has 0 fully saturated rings. The molecule has 0 aliphatic carbocycles. The lowest BCUT2D eigenvalue weighted by molar-refractivity contribution is -0.161. The molecule has 0 aromatic heterocycles. The van der Waals surface area contributed by atoms with Crippen molar-refractivity contribution in [2.24, 2.45) is 17.8 Å². The van der Waals surface area contributed by atoms with Crippen molar-refractivity contribution in [1.82, 2.24) is 0 Å². The summed E-state index contributed by atoms with van der Waals surface area (Å²) in [4.78, 5) is 72.3. The van der Waals surface area contributed by atoms with Gasteiger partial charge in [0.1, 0.15) is 19.3 Å². The monoisotopic (exact) mass is 1250 g/mol. The molecule has 85 heavy (non-hydrogen) atoms. The van der Waals surface area contributed by atoms with Gasteiger partial charge in [0.05, 0.1) is 26.4 Å². The van der Waals surface area contributed by atoms with Crippen LogP contribution in [0.5, 0.6) is 0 Å². The number of phosphoric ester groups is 2. The Balaban J connectivity index is 5.26. The number of aliphatic hydroxyl groups is 1. The minimum absolute atomic E-state index is 0.102. The summed E-state index contributed by atoms with van der Waals surface area (Å²) in [5.74, 6) is 0.0362. The average molecular weight is 1260 g/mol. The van der Waals surface area contributed by atoms with Crippen molar-refractivity contribution in [3.8, 4) is 0 Å². The van der Waals surface area contributed by atoms with Gasteiger partial charge in [-0.1, -0.05) is 273 Å². The first-order valence-electron chi connectivity index (χ1n) is 34.4. The molecular weight excluding hydrogens is 1130 g/mol. The van der Waals surface area contributed by atoms with Crippen molar-refractivity contribution in [2.75, 3.05) is 39.6 Å². The van der Waals surface area contributed by atoms with Crippen LogP contribution in [0.3, 0.4) is 0 Å². The Morgan fingerprint density at radius 1 is 0.341 bits per heavy atom. The van der Waals surface area contributed by atoms with Crippen molar-refractivity contribution in [3.05, 3.63) is 0 Å². The van der Waals surface area contributed by atoms with Crippen LogP contribution < -0.4 is 0 Å². The molecule has 3 N–H and O–H groups in total. The van der Waals surface area contributed by atoms with E-state index in [1.54, 1.807) is 0 Å². The topological polar surface area (TPSA) is 237 Å². The molecule has 0 spiro atoms. The second kappa shape index (κ2) is 57.2. The lowest BCUT2D eigenvalue weighted by Gasteiger charge is -2.21. The molecule has 504 valence electrons. The molecule has 0 aliphatic rings. The van der Waals surface area contributed by atoms with Crippen molar-refractivity contribution < 1.29 is 80.2 Å². The Labute approximate surface area is 517 Å². The fourth-order valence-corrected chi connectivity index (χ4v) is 11.4. The molecular formula is C66H128O17P2. The summed E-state index contributed by atoms with van der Waals surface area (Å²) in [6.45, 7) is 11.7. The molecule has 0 aliphatic heterocycles. The molecule has 0 amide bonds. The zero-order valence-corrected chi connectivity index (χ0v) is 56.9. The summed E-state index contributed by atoms with van der Waals surface area (Å²) < 4.78 is 68.1. The number of hydrogen-bond acceptors (Lipinski definition) is 15. The van der Waals surface area contributed by atoms with E-state index < -0.39 is 97.5 Å². The first kappa shape index (κ1) is 83.1. The third-order valence-corrected chi connectivity index (χ3v) is 17.4. The summed E-state index contributed by atoms with van der Waals surface area (Å²) in [6, 6.07) is 0. The molecule has 0 saturated carbocycles. The zero-order valence-electron chi connectivity index (χ0n) is 55.1. The molecule has 0 rings (SSSR count). The number of phosphoric acid groups is 2. The highest BCUT2D eigenvalue weighted by molar-refractivity contribution is 7.47. The number of esters is 4. The third kappa shape index (κ3) is 59.5. The van der Waals surface area contributed by atoms with Crippen LogP contribution in [-0.2, 0) is 65.4 Å². The van der Waals surface area contributed by atoms with Crippen LogP contribution in [0.1, 0.15) is 325 Å². The Hall–Kier alpha value is -1.94. The Kier molecular flexibility index (Phi) is 55.9. The highest BCUT2D eigenvalue weighted by Crippen LogP contribution is 2.45. The van der Waals surface area contributed by atoms with Crippen molar-refractivity contribution in [2.45, 2.75) is 343 Å². The summed E-state index contributed by atoms with van der Waals surface area (Å²) in [5.41, 5.74) is 0. The van der Waals surface area contributed by atoms with Gasteiger partial charge in [0.25, 0.3) is 0 Å². The van der Waals surface area contributed by atoms with Crippen LogP contribution in [0.15, 0.2) is 0 Å². The van der Waals surface area contributed by atoms with Crippen molar-refractivity contribution in [3.63, 3.8) is 0 Å². The zero-order chi connectivity index (χ0) is 63.1. The van der Waals surface area contributed by atoms with E-state index in [1.165, 1.54) is 128 Å². The summed E-state index contributed by atoms with van der Waals surface area (Å²) >= 11 is 0. The highest BCUT2D eigenvalue weighted by Gasteiger charge is 2.30. The summed E-state index contributed by atoms with van der Waals surface area (Å²) in [7, 11) is -9.89. The van der Waals surface area contributed by atoms with E-state index in [-0.39, 0.29) is 25.7 Å². The maximum absolute atomic E-state index is 13.0. The average Bonchev–Trinajstić information content (AvgIpc) is 3.56.